The van der Waals surface area contributed by atoms with Crippen LogP contribution in [0, 0.1) is 11.8 Å². The third-order valence-electron chi connectivity index (χ3n) is 6.69. The minimum Gasteiger partial charge on any atom is -0.480 e. The molecule has 0 saturated carbocycles. The van der Waals surface area contributed by atoms with Gasteiger partial charge in [0.05, 0.1) is 6.61 Å². The third kappa shape index (κ3) is 15.4. The number of hydrogen-bond acceptors (Lipinski definition) is 8. The summed E-state index contributed by atoms with van der Waals surface area (Å²) in [7, 11) is 0. The maximum atomic E-state index is 13.6. The summed E-state index contributed by atoms with van der Waals surface area (Å²) in [6, 6.07) is 3.12. The summed E-state index contributed by atoms with van der Waals surface area (Å²) in [5, 5.41) is 29.4. The molecule has 5 atom stereocenters. The van der Waals surface area contributed by atoms with Crippen molar-refractivity contribution in [3.8, 4) is 0 Å². The van der Waals surface area contributed by atoms with Crippen LogP contribution in [0.5, 0.6) is 0 Å². The lowest BCUT2D eigenvalue weighted by atomic mass is 9.99. The number of nitrogens with zero attached hydrogens (tertiary/aromatic N) is 1. The summed E-state index contributed by atoms with van der Waals surface area (Å²) < 4.78 is 0. The van der Waals surface area contributed by atoms with Gasteiger partial charge >= 0.3 is 5.97 Å². The molecular weight excluding hydrogens is 584 g/mol. The first-order valence-corrected chi connectivity index (χ1v) is 15.0. The molecule has 15 nitrogen and oxygen atoms in total. The van der Waals surface area contributed by atoms with E-state index in [0.717, 1.165) is 5.56 Å². The lowest BCUT2D eigenvalue weighted by molar-refractivity contribution is -0.142. The number of benzene rings is 1. The maximum Gasteiger partial charge on any atom is 0.326 e. The number of rotatable bonds is 20. The minimum absolute atomic E-state index is 0.0504. The van der Waals surface area contributed by atoms with Crippen LogP contribution in [0.15, 0.2) is 35.3 Å². The molecule has 0 spiro atoms. The molecule has 12 N–H and O–H groups in total. The number of carboxylic acid groups (broad SMARTS) is 1. The molecule has 0 aliphatic carbocycles. The molecule has 0 aliphatic rings. The first-order chi connectivity index (χ1) is 21.1. The van der Waals surface area contributed by atoms with Gasteiger partial charge in [-0.1, -0.05) is 58.0 Å². The average Bonchev–Trinajstić information content (AvgIpc) is 2.96. The first-order valence-electron chi connectivity index (χ1n) is 15.0. The fraction of sp³-hybridized carbons (Fsp3) is 0.600. The molecule has 15 heteroatoms. The van der Waals surface area contributed by atoms with E-state index in [-0.39, 0.29) is 50.0 Å². The summed E-state index contributed by atoms with van der Waals surface area (Å²) in [4.78, 5) is 68.4. The van der Waals surface area contributed by atoms with E-state index in [1.807, 2.05) is 27.7 Å². The van der Waals surface area contributed by atoms with Crippen molar-refractivity contribution in [3.63, 3.8) is 0 Å². The molecule has 45 heavy (non-hydrogen) atoms. The van der Waals surface area contributed by atoms with Gasteiger partial charge in [0.2, 0.25) is 23.6 Å². The van der Waals surface area contributed by atoms with Gasteiger partial charge in [-0.2, -0.15) is 0 Å². The predicted octanol–water partition coefficient (Wildman–Crippen LogP) is -1.28. The van der Waals surface area contributed by atoms with Crippen LogP contribution in [0.2, 0.25) is 0 Å². The quantitative estimate of drug-likeness (QED) is 0.0466. The van der Waals surface area contributed by atoms with Gasteiger partial charge in [-0.3, -0.25) is 24.2 Å². The molecule has 0 bridgehead atoms. The van der Waals surface area contributed by atoms with Gasteiger partial charge in [0, 0.05) is 13.0 Å². The van der Waals surface area contributed by atoms with E-state index in [4.69, 9.17) is 17.2 Å². The molecule has 4 amide bonds. The summed E-state index contributed by atoms with van der Waals surface area (Å²) in [5.41, 5.74) is 17.0. The highest BCUT2D eigenvalue weighted by Gasteiger charge is 2.32. The second kappa shape index (κ2) is 19.9. The van der Waals surface area contributed by atoms with Crippen LogP contribution in [0.3, 0.4) is 0 Å². The zero-order chi connectivity index (χ0) is 34.1. The molecule has 0 radical (unpaired) electrons. The van der Waals surface area contributed by atoms with Crippen molar-refractivity contribution in [2.45, 2.75) is 90.0 Å². The molecule has 252 valence electrons. The molecule has 0 aromatic heterocycles. The molecule has 0 aliphatic heterocycles. The van der Waals surface area contributed by atoms with E-state index >= 15 is 0 Å². The molecule has 0 unspecified atom stereocenters. The Hall–Kier alpha value is -4.24. The molecule has 0 saturated heterocycles. The second-order valence-electron chi connectivity index (χ2n) is 11.8. The first kappa shape index (κ1) is 38.8. The topological polar surface area (TPSA) is 264 Å². The van der Waals surface area contributed by atoms with Crippen molar-refractivity contribution in [3.05, 3.63) is 35.9 Å². The number of nitrogens with one attached hydrogen (secondary N) is 4. The Kier molecular flexibility index (Phi) is 17.2. The number of hydrogen-bond donors (Lipinski definition) is 9. The van der Waals surface area contributed by atoms with Crippen molar-refractivity contribution >= 4 is 35.6 Å². The molecule has 1 rings (SSSR count). The van der Waals surface area contributed by atoms with E-state index in [1.165, 1.54) is 0 Å². The fourth-order valence-electron chi connectivity index (χ4n) is 4.40. The van der Waals surface area contributed by atoms with E-state index in [2.05, 4.69) is 26.3 Å². The van der Waals surface area contributed by atoms with E-state index in [0.29, 0.717) is 6.42 Å². The molecule has 0 heterocycles. The van der Waals surface area contributed by atoms with Crippen LogP contribution < -0.4 is 38.5 Å². The lowest BCUT2D eigenvalue weighted by Gasteiger charge is -2.28. The second-order valence-corrected chi connectivity index (χ2v) is 11.8. The van der Waals surface area contributed by atoms with Gasteiger partial charge in [0.15, 0.2) is 5.96 Å². The van der Waals surface area contributed by atoms with E-state index in [9.17, 15) is 34.2 Å². The normalized spacial score (nSPS) is 14.4. The zero-order valence-electron chi connectivity index (χ0n) is 26.5. The Morgan fingerprint density at radius 1 is 0.756 bits per heavy atom. The Labute approximate surface area is 264 Å². The van der Waals surface area contributed by atoms with Crippen LogP contribution in [0.25, 0.3) is 0 Å². The summed E-state index contributed by atoms with van der Waals surface area (Å²) in [5.74, 6) is -4.21. The van der Waals surface area contributed by atoms with Crippen LogP contribution in [0.4, 0.5) is 0 Å². The third-order valence-corrected chi connectivity index (χ3v) is 6.69. The minimum atomic E-state index is -1.25. The Morgan fingerprint density at radius 2 is 1.22 bits per heavy atom. The Bertz CT molecular complexity index is 1140. The van der Waals surface area contributed by atoms with Gasteiger partial charge in [-0.15, -0.1) is 0 Å². The van der Waals surface area contributed by atoms with Gasteiger partial charge in [0.25, 0.3) is 0 Å². The highest BCUT2D eigenvalue weighted by molar-refractivity contribution is 5.95. The molecule has 1 aromatic carbocycles. The number of carbonyl (C=O) groups is 5. The number of carbonyl (C=O) groups excluding carboxylic acids is 4. The molecular formula is C30H50N8O7. The number of aliphatic hydroxyl groups excluding tert-OH is 1. The smallest absolute Gasteiger partial charge is 0.326 e. The van der Waals surface area contributed by atoms with Gasteiger partial charge in [0.1, 0.15) is 30.2 Å². The Balaban J connectivity index is 3.15. The fourth-order valence-corrected chi connectivity index (χ4v) is 4.40. The number of aliphatic imine (C=N–C) groups is 1. The van der Waals surface area contributed by atoms with Gasteiger partial charge in [-0.25, -0.2) is 4.79 Å². The van der Waals surface area contributed by atoms with Crippen molar-refractivity contribution < 1.29 is 34.2 Å². The van der Waals surface area contributed by atoms with Crippen molar-refractivity contribution in [2.24, 2.45) is 34.0 Å². The zero-order valence-corrected chi connectivity index (χ0v) is 26.5. The predicted molar refractivity (Wildman–Crippen MR) is 169 cm³/mol. The number of guanidine groups is 1. The van der Waals surface area contributed by atoms with Crippen molar-refractivity contribution in [1.82, 2.24) is 21.3 Å². The van der Waals surface area contributed by atoms with Crippen LogP contribution in [-0.4, -0.2) is 89.1 Å². The van der Waals surface area contributed by atoms with E-state index in [1.54, 1.807) is 30.3 Å². The van der Waals surface area contributed by atoms with E-state index < -0.39 is 66.4 Å². The van der Waals surface area contributed by atoms with Gasteiger partial charge in [-0.05, 0) is 43.1 Å². The largest absolute Gasteiger partial charge is 0.480 e. The molecule has 0 fully saturated rings. The average molecular weight is 635 g/mol. The molecule has 1 aromatic rings. The monoisotopic (exact) mass is 634 g/mol. The SMILES string of the molecule is CC(C)C[C@H](NC(=O)[C@H](CC(C)C)NC(=O)[C@@H](Cc1ccccc1)NC(=O)[C@H](N)CO)C(=O)N[C@@H](CCCN=C(N)N)C(=O)O. The number of aliphatic hydroxyl groups is 1. The number of carboxylic acids is 1. The van der Waals surface area contributed by atoms with Crippen molar-refractivity contribution in [2.75, 3.05) is 13.2 Å². The Morgan fingerprint density at radius 3 is 1.67 bits per heavy atom. The summed E-state index contributed by atoms with van der Waals surface area (Å²) >= 11 is 0. The van der Waals surface area contributed by atoms with Crippen LogP contribution in [-0.2, 0) is 30.4 Å². The number of nitrogens with two attached hydrogens (primary N) is 3. The van der Waals surface area contributed by atoms with Crippen molar-refractivity contribution in [1.29, 1.82) is 0 Å². The van der Waals surface area contributed by atoms with Crippen LogP contribution >= 0.6 is 0 Å². The highest BCUT2D eigenvalue weighted by Crippen LogP contribution is 2.11. The number of amides is 4. The standard InChI is InChI=1S/C30H50N8O7/c1-17(2)13-22(26(41)35-21(29(44)45)11-8-12-34-30(32)33)37-27(42)23(14-18(3)4)38-28(43)24(36-25(40)20(31)16-39)15-19-9-6-5-7-10-19/h5-7,9-10,17-18,20-24,39H,8,11-16,31H2,1-4H3,(H,35,41)(H,36,40)(H,37,42)(H,38,43)(H,44,45)(H4,32,33,34)/t20-,21+,22+,23+,24-/m1/s1. The highest BCUT2D eigenvalue weighted by atomic mass is 16.4. The van der Waals surface area contributed by atoms with Gasteiger partial charge < -0.3 is 48.7 Å². The summed E-state index contributed by atoms with van der Waals surface area (Å²) in [6.45, 7) is 6.96. The number of aliphatic carboxylic acids is 1. The summed E-state index contributed by atoms with van der Waals surface area (Å²) in [6.07, 6.45) is 0.846. The maximum absolute atomic E-state index is 13.6. The lowest BCUT2D eigenvalue weighted by Crippen LogP contribution is -2.59. The van der Waals surface area contributed by atoms with Crippen LogP contribution in [0.1, 0.15) is 58.9 Å².